The molecule has 47 heavy (non-hydrogen) atoms. The molecule has 2 bridgehead atoms. The number of piperazine rings is 1. The number of hydrogen-bond acceptors (Lipinski definition) is 7. The lowest BCUT2D eigenvalue weighted by molar-refractivity contribution is -0.122. The van der Waals surface area contributed by atoms with E-state index in [9.17, 15) is 23.8 Å². The summed E-state index contributed by atoms with van der Waals surface area (Å²) < 4.78 is 45.0. The highest BCUT2D eigenvalue weighted by molar-refractivity contribution is 8.22. The second-order valence-corrected chi connectivity index (χ2v) is 16.1. The predicted octanol–water partition coefficient (Wildman–Crippen LogP) is 6.67. The molecule has 3 aliphatic heterocycles. The third-order valence-electron chi connectivity index (χ3n) is 10.1. The number of carbonyl (C=O) groups excluding carboxylic acids is 1. The van der Waals surface area contributed by atoms with Crippen molar-refractivity contribution >= 4 is 40.1 Å². The Balaban J connectivity index is 1.43. The molecule has 3 saturated heterocycles. The molecule has 0 aliphatic carbocycles. The van der Waals surface area contributed by atoms with Crippen LogP contribution >= 0.6 is 22.4 Å². The van der Waals surface area contributed by atoms with E-state index < -0.39 is 40.6 Å². The fourth-order valence-electron chi connectivity index (χ4n) is 7.46. The molecule has 2 amide bonds. The van der Waals surface area contributed by atoms with Crippen LogP contribution in [0.5, 0.6) is 0 Å². The van der Waals surface area contributed by atoms with E-state index in [0.717, 1.165) is 23.3 Å². The first-order valence-electron chi connectivity index (χ1n) is 16.5. The fourth-order valence-corrected chi connectivity index (χ4v) is 9.45. The zero-order chi connectivity index (χ0) is 33.9. The summed E-state index contributed by atoms with van der Waals surface area (Å²) in [4.78, 5) is 27.9. The molecule has 0 aromatic heterocycles. The van der Waals surface area contributed by atoms with Gasteiger partial charge in [-0.05, 0) is 80.2 Å². The molecule has 13 heteroatoms. The molecular formula is C34H48ClFN4O6S. The molecule has 2 aromatic rings. The van der Waals surface area contributed by atoms with E-state index in [4.69, 9.17) is 16.3 Å². The highest BCUT2D eigenvalue weighted by Crippen LogP contribution is 2.49. The van der Waals surface area contributed by atoms with E-state index in [1.54, 1.807) is 22.5 Å². The maximum Gasteiger partial charge on any atom is 0.407 e. The van der Waals surface area contributed by atoms with Crippen molar-refractivity contribution in [3.8, 4) is 0 Å². The summed E-state index contributed by atoms with van der Waals surface area (Å²) in [5, 5.41) is 17.1. The van der Waals surface area contributed by atoms with E-state index in [1.165, 1.54) is 19.2 Å². The van der Waals surface area contributed by atoms with Crippen molar-refractivity contribution in [3.63, 3.8) is 0 Å². The first-order chi connectivity index (χ1) is 22.4. The fraction of sp³-hybridized carbons (Fsp3) is 0.588. The van der Waals surface area contributed by atoms with Crippen LogP contribution in [0.3, 0.4) is 0 Å². The van der Waals surface area contributed by atoms with Crippen LogP contribution < -0.4 is 10.6 Å². The lowest BCUT2D eigenvalue weighted by atomic mass is 9.73. The van der Waals surface area contributed by atoms with Gasteiger partial charge in [-0.2, -0.15) is 0 Å². The summed E-state index contributed by atoms with van der Waals surface area (Å²) in [5.41, 5.74) is 1.35. The van der Waals surface area contributed by atoms with Gasteiger partial charge in [0.05, 0.1) is 11.9 Å². The number of hydrogen-bond donors (Lipinski definition) is 5. The maximum atomic E-state index is 15.5. The number of carboxylic acid groups (broad SMARTS) is 1. The minimum atomic E-state index is -2.92. The van der Waals surface area contributed by atoms with Gasteiger partial charge in [-0.25, -0.2) is 13.5 Å². The van der Waals surface area contributed by atoms with E-state index in [2.05, 4.69) is 24.5 Å². The van der Waals surface area contributed by atoms with Crippen molar-refractivity contribution in [2.24, 2.45) is 11.8 Å². The highest BCUT2D eigenvalue weighted by Gasteiger charge is 2.43. The number of likely N-dealkylation sites (N-methyl/N-ethyl adjacent to an activating group) is 1. The van der Waals surface area contributed by atoms with Crippen molar-refractivity contribution in [2.45, 2.75) is 82.5 Å². The SMILES string of the molecule is CC(C)C1CC([C@H](c2ccc(Cl)cc2)[C@@H](C(=O)Nc2cccc(F)c2CCC2CNC3CCCS(O)(O)N2C3)N(C)C(=O)O)CCO1. The zero-order valence-electron chi connectivity index (χ0n) is 27.3. The quantitative estimate of drug-likeness (QED) is 0.186. The molecule has 10 nitrogen and oxygen atoms in total. The lowest BCUT2D eigenvalue weighted by Gasteiger charge is -2.49. The van der Waals surface area contributed by atoms with Crippen LogP contribution in [0.4, 0.5) is 14.9 Å². The number of benzene rings is 2. The Hall–Kier alpha value is -2.45. The lowest BCUT2D eigenvalue weighted by Crippen LogP contribution is -2.55. The normalized spacial score (nSPS) is 27.7. The number of ether oxygens (including phenoxy) is 1. The molecule has 7 atom stereocenters. The minimum absolute atomic E-state index is 0.0376. The smallest absolute Gasteiger partial charge is 0.407 e. The molecular weight excluding hydrogens is 647 g/mol. The van der Waals surface area contributed by atoms with Crippen molar-refractivity contribution < 1.29 is 32.9 Å². The second kappa shape index (κ2) is 15.4. The Kier molecular flexibility index (Phi) is 11.7. The summed E-state index contributed by atoms with van der Waals surface area (Å²) in [6.45, 7) is 5.73. The van der Waals surface area contributed by atoms with Crippen LogP contribution in [0.2, 0.25) is 5.02 Å². The van der Waals surface area contributed by atoms with E-state index in [1.807, 2.05) is 12.1 Å². The molecule has 3 aliphatic rings. The molecule has 0 saturated carbocycles. The van der Waals surface area contributed by atoms with Gasteiger partial charge < -0.3 is 20.5 Å². The van der Waals surface area contributed by atoms with Crippen LogP contribution in [-0.4, -0.2) is 92.1 Å². The van der Waals surface area contributed by atoms with E-state index in [0.29, 0.717) is 55.3 Å². The second-order valence-electron chi connectivity index (χ2n) is 13.5. The number of nitrogens with one attached hydrogen (secondary N) is 2. The van der Waals surface area contributed by atoms with Gasteiger partial charge in [0.15, 0.2) is 0 Å². The Morgan fingerprint density at radius 1 is 1.19 bits per heavy atom. The molecule has 0 radical (unpaired) electrons. The zero-order valence-corrected chi connectivity index (χ0v) is 28.9. The maximum absolute atomic E-state index is 15.5. The largest absolute Gasteiger partial charge is 0.465 e. The Morgan fingerprint density at radius 3 is 2.64 bits per heavy atom. The highest BCUT2D eigenvalue weighted by atomic mass is 35.5. The first-order valence-corrected chi connectivity index (χ1v) is 18.6. The van der Waals surface area contributed by atoms with Gasteiger partial charge in [0, 0.05) is 61.0 Å². The van der Waals surface area contributed by atoms with Crippen molar-refractivity contribution in [1.82, 2.24) is 14.5 Å². The molecule has 0 spiro atoms. The Bertz CT molecular complexity index is 1400. The minimum Gasteiger partial charge on any atom is -0.465 e. The molecule has 2 aromatic carbocycles. The van der Waals surface area contributed by atoms with Gasteiger partial charge in [0.1, 0.15) is 11.9 Å². The number of rotatable bonds is 10. The standard InChI is InChI=1S/C34H48ClFN4O6S/c1-21(2)30-18-23(15-16-46-30)31(22-9-11-24(35)12-10-22)32(39(3)34(42)43)33(41)38-29-8-4-7-28(36)27(29)14-13-26-19-37-25-6-5-17-47(44,45)40(26)20-25/h4,7-12,21,23,25-26,30-32,37,44-45H,5-6,13-20H2,1-3H3,(H,38,41)(H,42,43)/t23?,25?,26?,30?,31-,32-/m0/s1. The van der Waals surface area contributed by atoms with Gasteiger partial charge in [-0.15, -0.1) is 10.8 Å². The average molecular weight is 695 g/mol. The topological polar surface area (TPSA) is 135 Å². The summed E-state index contributed by atoms with van der Waals surface area (Å²) >= 11 is 6.23. The van der Waals surface area contributed by atoms with Gasteiger partial charge in [-0.1, -0.05) is 43.6 Å². The van der Waals surface area contributed by atoms with Gasteiger partial charge in [0.25, 0.3) is 0 Å². The average Bonchev–Trinajstić information content (AvgIpc) is 3.15. The van der Waals surface area contributed by atoms with Crippen LogP contribution in [-0.2, 0) is 16.0 Å². The van der Waals surface area contributed by atoms with Crippen LogP contribution in [0, 0.1) is 17.7 Å². The Labute approximate surface area is 283 Å². The number of halogens is 2. The number of nitrogens with zero attached hydrogens (tertiary/aromatic N) is 2. The first kappa shape index (κ1) is 35.8. The third kappa shape index (κ3) is 8.41. The molecule has 5 rings (SSSR count). The number of fused-ring (bicyclic) bond motifs is 2. The van der Waals surface area contributed by atoms with E-state index in [-0.39, 0.29) is 42.1 Å². The predicted molar refractivity (Wildman–Crippen MR) is 184 cm³/mol. The molecule has 260 valence electrons. The summed E-state index contributed by atoms with van der Waals surface area (Å²) in [6, 6.07) is 10.5. The summed E-state index contributed by atoms with van der Waals surface area (Å²) in [5.74, 6) is -1.08. The monoisotopic (exact) mass is 694 g/mol. The summed E-state index contributed by atoms with van der Waals surface area (Å²) in [7, 11) is -1.53. The van der Waals surface area contributed by atoms with Gasteiger partial charge in [0.2, 0.25) is 5.91 Å². The van der Waals surface area contributed by atoms with Crippen LogP contribution in [0.1, 0.15) is 63.0 Å². The van der Waals surface area contributed by atoms with Crippen molar-refractivity contribution in [1.29, 1.82) is 0 Å². The number of carbonyl (C=O) groups is 2. The van der Waals surface area contributed by atoms with Crippen LogP contribution in [0.25, 0.3) is 0 Å². The molecule has 5 unspecified atom stereocenters. The number of amides is 2. The van der Waals surface area contributed by atoms with Crippen molar-refractivity contribution in [2.75, 3.05) is 37.8 Å². The van der Waals surface area contributed by atoms with E-state index >= 15 is 4.39 Å². The molecule has 3 heterocycles. The third-order valence-corrected chi connectivity index (χ3v) is 12.4. The summed E-state index contributed by atoms with van der Waals surface area (Å²) in [6.07, 6.45) is 2.27. The molecule has 3 fully saturated rings. The van der Waals surface area contributed by atoms with Crippen LogP contribution in [0.15, 0.2) is 42.5 Å². The number of anilines is 1. The molecule has 5 N–H and O–H groups in total. The van der Waals surface area contributed by atoms with Gasteiger partial charge >= 0.3 is 6.09 Å². The van der Waals surface area contributed by atoms with Gasteiger partial charge in [-0.3, -0.25) is 18.8 Å². The van der Waals surface area contributed by atoms with Crippen molar-refractivity contribution in [3.05, 3.63) is 64.4 Å². The Morgan fingerprint density at radius 2 is 1.94 bits per heavy atom.